The number of sulfonamides is 1. The zero-order valence-corrected chi connectivity index (χ0v) is 26.3. The van der Waals surface area contributed by atoms with Gasteiger partial charge in [0.2, 0.25) is 16.8 Å². The molecule has 3 aliphatic heterocycles. The topological polar surface area (TPSA) is 162 Å². The Morgan fingerprint density at radius 2 is 1.87 bits per heavy atom. The van der Waals surface area contributed by atoms with E-state index in [4.69, 9.17) is 33.5 Å². The summed E-state index contributed by atoms with van der Waals surface area (Å²) in [6, 6.07) is 10.6. The van der Waals surface area contributed by atoms with Crippen LogP contribution in [0.1, 0.15) is 32.3 Å². The third kappa shape index (κ3) is 8.37. The number of aliphatic hydroxyl groups excluding tert-OH is 2. The Balaban J connectivity index is 1.33. The lowest BCUT2D eigenvalue weighted by Gasteiger charge is -2.31. The molecule has 13 nitrogen and oxygen atoms in total. The largest absolute Gasteiger partial charge is 0.494 e. The third-order valence-corrected chi connectivity index (χ3v) is 9.73. The first kappa shape index (κ1) is 33.2. The quantitative estimate of drug-likeness (QED) is 0.243. The second kappa shape index (κ2) is 15.0. The summed E-state index contributed by atoms with van der Waals surface area (Å²) in [6.07, 6.45) is -1.53. The summed E-state index contributed by atoms with van der Waals surface area (Å²) in [5, 5.41) is 23.3. The van der Waals surface area contributed by atoms with Gasteiger partial charge in [-0.2, -0.15) is 4.31 Å². The molecule has 1 amide bonds. The molecule has 2 aromatic rings. The van der Waals surface area contributed by atoms with Crippen LogP contribution >= 0.6 is 0 Å². The summed E-state index contributed by atoms with van der Waals surface area (Å²) in [6.45, 7) is 4.76. The molecule has 3 heterocycles. The number of carbonyl (C=O) groups is 1. The Hall–Kier alpha value is -3.14. The maximum Gasteiger partial charge on any atom is 0.407 e. The van der Waals surface area contributed by atoms with Gasteiger partial charge in [-0.15, -0.1) is 0 Å². The number of nitrogens with one attached hydrogen (secondary N) is 1. The minimum atomic E-state index is -4.06. The highest BCUT2D eigenvalue weighted by Crippen LogP contribution is 2.35. The van der Waals surface area contributed by atoms with Gasteiger partial charge in [-0.1, -0.05) is 26.0 Å². The van der Waals surface area contributed by atoms with E-state index in [0.29, 0.717) is 43.3 Å². The van der Waals surface area contributed by atoms with Crippen molar-refractivity contribution in [2.24, 2.45) is 11.8 Å². The van der Waals surface area contributed by atoms with Gasteiger partial charge in [0.15, 0.2) is 17.8 Å². The van der Waals surface area contributed by atoms with Crippen LogP contribution in [0.2, 0.25) is 0 Å². The fourth-order valence-electron chi connectivity index (χ4n) is 5.58. The fraction of sp³-hybridized carbons (Fsp3) is 0.581. The van der Waals surface area contributed by atoms with Gasteiger partial charge in [-0.05, 0) is 48.6 Å². The average molecular weight is 651 g/mol. The molecule has 3 aliphatic rings. The van der Waals surface area contributed by atoms with Gasteiger partial charge < -0.3 is 44.0 Å². The van der Waals surface area contributed by atoms with Crippen molar-refractivity contribution in [1.29, 1.82) is 0 Å². The van der Waals surface area contributed by atoms with Gasteiger partial charge in [0, 0.05) is 32.2 Å². The van der Waals surface area contributed by atoms with E-state index in [-0.39, 0.29) is 56.2 Å². The predicted octanol–water partition coefficient (Wildman–Crippen LogP) is 2.28. The monoisotopic (exact) mass is 650 g/mol. The molecule has 248 valence electrons. The van der Waals surface area contributed by atoms with Gasteiger partial charge in [0.05, 0.1) is 42.8 Å². The first-order valence-corrected chi connectivity index (χ1v) is 16.7. The van der Waals surface area contributed by atoms with Crippen molar-refractivity contribution in [3.05, 3.63) is 48.0 Å². The maximum atomic E-state index is 13.8. The van der Waals surface area contributed by atoms with Gasteiger partial charge in [-0.25, -0.2) is 13.2 Å². The van der Waals surface area contributed by atoms with E-state index < -0.39 is 40.7 Å². The van der Waals surface area contributed by atoms with Crippen molar-refractivity contribution in [2.75, 3.05) is 46.3 Å². The Kier molecular flexibility index (Phi) is 11.1. The number of hydrogen-bond donors (Lipinski definition) is 3. The highest BCUT2D eigenvalue weighted by molar-refractivity contribution is 7.89. The number of aliphatic hydroxyl groups is 2. The summed E-state index contributed by atoms with van der Waals surface area (Å²) in [5.74, 6) is 1.29. The number of carbonyl (C=O) groups excluding carboxylic acids is 1. The molecule has 2 fully saturated rings. The van der Waals surface area contributed by atoms with Crippen molar-refractivity contribution in [2.45, 2.75) is 62.5 Å². The summed E-state index contributed by atoms with van der Waals surface area (Å²) in [5.41, 5.74) is 0.774. The molecular weight excluding hydrogens is 608 g/mol. The number of alkyl carbamates (subject to hydrolysis) is 1. The number of amides is 1. The first-order chi connectivity index (χ1) is 21.6. The lowest BCUT2D eigenvalue weighted by Crippen LogP contribution is -2.51. The van der Waals surface area contributed by atoms with E-state index in [1.807, 2.05) is 26.0 Å². The highest BCUT2D eigenvalue weighted by atomic mass is 32.2. The normalized spacial score (nSPS) is 22.0. The number of fused-ring (bicyclic) bond motifs is 2. The van der Waals surface area contributed by atoms with Crippen LogP contribution in [-0.2, 0) is 30.7 Å². The molecule has 0 bridgehead atoms. The lowest BCUT2D eigenvalue weighted by atomic mass is 10.0. The molecule has 0 spiro atoms. The molecule has 2 saturated heterocycles. The van der Waals surface area contributed by atoms with Crippen molar-refractivity contribution >= 4 is 16.1 Å². The van der Waals surface area contributed by atoms with Crippen molar-refractivity contribution < 1.29 is 51.8 Å². The summed E-state index contributed by atoms with van der Waals surface area (Å²) in [7, 11) is -4.06. The summed E-state index contributed by atoms with van der Waals surface area (Å²) < 4.78 is 62.0. The molecule has 5 rings (SSSR count). The SMILES string of the molecule is CC(C)CN(C[C@@H](O)[C@H](Cc1ccc(OCCCO)cc1)NC(=O)OC1COC2OCCC12)S(=O)(=O)c1ccc2c(c1)OCO2. The van der Waals surface area contributed by atoms with Crippen LogP contribution in [0.4, 0.5) is 4.79 Å². The van der Waals surface area contributed by atoms with Crippen LogP contribution in [0.3, 0.4) is 0 Å². The predicted molar refractivity (Wildman–Crippen MR) is 161 cm³/mol. The Bertz CT molecular complexity index is 1390. The summed E-state index contributed by atoms with van der Waals surface area (Å²) >= 11 is 0. The first-order valence-electron chi connectivity index (χ1n) is 15.2. The molecule has 3 unspecified atom stereocenters. The molecule has 3 N–H and O–H groups in total. The van der Waals surface area contributed by atoms with Gasteiger partial charge in [0.25, 0.3) is 0 Å². The van der Waals surface area contributed by atoms with E-state index in [0.717, 1.165) is 5.56 Å². The van der Waals surface area contributed by atoms with Crippen LogP contribution in [0.25, 0.3) is 0 Å². The lowest BCUT2D eigenvalue weighted by molar-refractivity contribution is -0.0907. The van der Waals surface area contributed by atoms with Crippen LogP contribution < -0.4 is 19.5 Å². The van der Waals surface area contributed by atoms with Gasteiger partial charge in [0.1, 0.15) is 11.9 Å². The number of benzene rings is 2. The minimum Gasteiger partial charge on any atom is -0.494 e. The second-order valence-electron chi connectivity index (χ2n) is 11.8. The standard InChI is InChI=1S/C31H42N2O11S/c1-20(2)16-33(45(37,38)23-8-9-27-28(15-23)43-19-42-27)17-26(35)25(14-21-4-6-22(7-5-21)39-12-3-11-34)32-31(36)44-29-18-41-30-24(29)10-13-40-30/h4-9,15,20,24-26,29-30,34-35H,3,10-14,16-19H2,1-2H3,(H,32,36)/t24?,25-,26+,29?,30?/m0/s1. The average Bonchev–Trinajstić information content (AvgIpc) is 3.76. The third-order valence-electron chi connectivity index (χ3n) is 7.90. The number of hydrogen-bond acceptors (Lipinski definition) is 11. The number of rotatable bonds is 15. The van der Waals surface area contributed by atoms with Crippen LogP contribution in [0.5, 0.6) is 17.2 Å². The number of nitrogens with zero attached hydrogens (tertiary/aromatic N) is 1. The van der Waals surface area contributed by atoms with E-state index >= 15 is 0 Å². The molecule has 0 saturated carbocycles. The summed E-state index contributed by atoms with van der Waals surface area (Å²) in [4.78, 5) is 13.2. The zero-order valence-electron chi connectivity index (χ0n) is 25.5. The number of ether oxygens (including phenoxy) is 6. The van der Waals surface area contributed by atoms with Crippen molar-refractivity contribution in [3.63, 3.8) is 0 Å². The van der Waals surface area contributed by atoms with Crippen molar-refractivity contribution in [1.82, 2.24) is 9.62 Å². The Morgan fingerprint density at radius 3 is 2.62 bits per heavy atom. The molecule has 5 atom stereocenters. The van der Waals surface area contributed by atoms with E-state index in [2.05, 4.69) is 5.32 Å². The molecular formula is C31H42N2O11S. The Morgan fingerprint density at radius 1 is 1.09 bits per heavy atom. The Labute approximate surface area is 263 Å². The molecule has 14 heteroatoms. The molecule has 0 radical (unpaired) electrons. The second-order valence-corrected chi connectivity index (χ2v) is 13.7. The molecule has 2 aromatic carbocycles. The van der Waals surface area contributed by atoms with E-state index in [1.54, 1.807) is 18.2 Å². The molecule has 0 aliphatic carbocycles. The van der Waals surface area contributed by atoms with Crippen LogP contribution in [0.15, 0.2) is 47.4 Å². The zero-order chi connectivity index (χ0) is 32.0. The van der Waals surface area contributed by atoms with Crippen LogP contribution in [-0.4, -0.2) is 99.9 Å². The molecule has 45 heavy (non-hydrogen) atoms. The maximum absolute atomic E-state index is 13.8. The minimum absolute atomic E-state index is 0.00782. The fourth-order valence-corrected chi connectivity index (χ4v) is 7.22. The van der Waals surface area contributed by atoms with Gasteiger partial charge >= 0.3 is 6.09 Å². The smallest absolute Gasteiger partial charge is 0.407 e. The van der Waals surface area contributed by atoms with Crippen LogP contribution in [0, 0.1) is 11.8 Å². The van der Waals surface area contributed by atoms with E-state index in [9.17, 15) is 18.3 Å². The van der Waals surface area contributed by atoms with E-state index in [1.165, 1.54) is 16.4 Å². The molecule has 0 aromatic heterocycles. The highest BCUT2D eigenvalue weighted by Gasteiger charge is 2.44. The van der Waals surface area contributed by atoms with Gasteiger partial charge in [-0.3, -0.25) is 0 Å². The van der Waals surface area contributed by atoms with Crippen molar-refractivity contribution in [3.8, 4) is 17.2 Å².